The summed E-state index contributed by atoms with van der Waals surface area (Å²) in [5, 5.41) is 0.255. The van der Waals surface area contributed by atoms with Crippen molar-refractivity contribution >= 4 is 21.9 Å². The van der Waals surface area contributed by atoms with Crippen molar-refractivity contribution in [2.75, 3.05) is 6.61 Å². The summed E-state index contributed by atoms with van der Waals surface area (Å²) < 4.78 is 47.8. The first kappa shape index (κ1) is 16.5. The third-order valence-corrected chi connectivity index (χ3v) is 3.28. The van der Waals surface area contributed by atoms with Crippen molar-refractivity contribution in [2.45, 2.75) is 18.4 Å². The van der Waals surface area contributed by atoms with Crippen LogP contribution < -0.4 is 0 Å². The van der Waals surface area contributed by atoms with Gasteiger partial charge in [0.05, 0.1) is 12.2 Å². The quantitative estimate of drug-likeness (QED) is 0.584. The lowest BCUT2D eigenvalue weighted by molar-refractivity contribution is -0.137. The molecule has 0 aliphatic heterocycles. The Balaban J connectivity index is 2.35. The highest BCUT2D eigenvalue weighted by molar-refractivity contribution is 9.08. The molecule has 0 radical (unpaired) electrons. The van der Waals surface area contributed by atoms with Crippen molar-refractivity contribution in [1.29, 1.82) is 0 Å². The van der Waals surface area contributed by atoms with Gasteiger partial charge in [-0.3, -0.25) is 0 Å². The summed E-state index contributed by atoms with van der Waals surface area (Å²) in [5.41, 5.74) is -0.103. The highest BCUT2D eigenvalue weighted by Crippen LogP contribution is 2.31. The Bertz CT molecular complexity index is 665. The van der Waals surface area contributed by atoms with E-state index < -0.39 is 17.7 Å². The van der Waals surface area contributed by atoms with Crippen molar-refractivity contribution in [2.24, 2.45) is 0 Å². The van der Waals surface area contributed by atoms with Crippen LogP contribution in [0.15, 0.2) is 28.7 Å². The highest BCUT2D eigenvalue weighted by atomic mass is 79.9. The van der Waals surface area contributed by atoms with Gasteiger partial charge in [-0.1, -0.05) is 15.9 Å². The molecule has 4 nitrogen and oxygen atoms in total. The molecule has 2 aromatic rings. The molecule has 2 rings (SSSR count). The fourth-order valence-electron chi connectivity index (χ4n) is 1.72. The molecule has 0 spiro atoms. The summed E-state index contributed by atoms with van der Waals surface area (Å²) in [5.74, 6) is -0.664. The molecule has 0 saturated heterocycles. The molecular weight excluding hydrogens is 367 g/mol. The van der Waals surface area contributed by atoms with Crippen LogP contribution in [0.4, 0.5) is 13.2 Å². The van der Waals surface area contributed by atoms with E-state index in [-0.39, 0.29) is 23.6 Å². The first-order valence-corrected chi connectivity index (χ1v) is 7.39. The van der Waals surface area contributed by atoms with E-state index >= 15 is 0 Å². The molecule has 1 aromatic heterocycles. The maximum Gasteiger partial charge on any atom is 0.416 e. The number of halogens is 4. The molecule has 118 valence electrons. The maximum atomic E-state index is 12.5. The molecule has 22 heavy (non-hydrogen) atoms. The molecule has 1 heterocycles. The fourth-order valence-corrected chi connectivity index (χ4v) is 2.10. The smallest absolute Gasteiger partial charge is 0.416 e. The number of aromatic nitrogens is 1. The Morgan fingerprint density at radius 3 is 2.45 bits per heavy atom. The third-order valence-electron chi connectivity index (χ3n) is 2.74. The summed E-state index contributed by atoms with van der Waals surface area (Å²) in [6, 6.07) is 4.33. The van der Waals surface area contributed by atoms with Gasteiger partial charge in [0.25, 0.3) is 0 Å². The number of alkyl halides is 4. The van der Waals surface area contributed by atoms with Gasteiger partial charge in [0.15, 0.2) is 0 Å². The lowest BCUT2D eigenvalue weighted by Crippen LogP contribution is -2.05. The predicted molar refractivity (Wildman–Crippen MR) is 75.5 cm³/mol. The van der Waals surface area contributed by atoms with E-state index in [0.29, 0.717) is 11.3 Å². The molecule has 0 aliphatic rings. The van der Waals surface area contributed by atoms with Gasteiger partial charge in [-0.25, -0.2) is 9.78 Å². The normalized spacial score (nSPS) is 11.5. The molecule has 0 atom stereocenters. The largest absolute Gasteiger partial charge is 0.460 e. The van der Waals surface area contributed by atoms with Crippen LogP contribution in [0.25, 0.3) is 11.5 Å². The van der Waals surface area contributed by atoms with Crippen LogP contribution in [0.1, 0.15) is 28.7 Å². The topological polar surface area (TPSA) is 52.3 Å². The van der Waals surface area contributed by atoms with E-state index in [1.807, 2.05) is 0 Å². The first-order valence-electron chi connectivity index (χ1n) is 6.27. The van der Waals surface area contributed by atoms with E-state index in [2.05, 4.69) is 20.9 Å². The molecule has 8 heteroatoms. The highest BCUT2D eigenvalue weighted by Gasteiger charge is 2.30. The van der Waals surface area contributed by atoms with Gasteiger partial charge in [-0.15, -0.1) is 0 Å². The summed E-state index contributed by atoms with van der Waals surface area (Å²) >= 11 is 3.17. The maximum absolute atomic E-state index is 12.5. The number of rotatable bonds is 4. The van der Waals surface area contributed by atoms with Crippen LogP contribution in [0.2, 0.25) is 0 Å². The average Bonchev–Trinajstić information content (AvgIpc) is 2.91. The second-order valence-corrected chi connectivity index (χ2v) is 4.78. The van der Waals surface area contributed by atoms with E-state index in [1.54, 1.807) is 6.92 Å². The Hall–Kier alpha value is -1.83. The Kier molecular flexibility index (Phi) is 4.90. The fraction of sp³-hybridized carbons (Fsp3) is 0.286. The van der Waals surface area contributed by atoms with Crippen molar-refractivity contribution in [3.8, 4) is 11.5 Å². The lowest BCUT2D eigenvalue weighted by Gasteiger charge is -2.06. The number of hydrogen-bond acceptors (Lipinski definition) is 4. The van der Waals surface area contributed by atoms with Crippen LogP contribution in [0.3, 0.4) is 0 Å². The molecule has 0 fully saturated rings. The zero-order valence-electron chi connectivity index (χ0n) is 11.4. The van der Waals surface area contributed by atoms with Gasteiger partial charge in [-0.05, 0) is 31.2 Å². The van der Waals surface area contributed by atoms with Gasteiger partial charge in [0.1, 0.15) is 5.69 Å². The molecule has 0 unspecified atom stereocenters. The lowest BCUT2D eigenvalue weighted by atomic mass is 10.1. The number of benzene rings is 1. The molecular formula is C14H11BrF3NO3. The molecule has 0 N–H and O–H groups in total. The molecule has 0 saturated carbocycles. The second kappa shape index (κ2) is 6.51. The van der Waals surface area contributed by atoms with Gasteiger partial charge >= 0.3 is 12.1 Å². The average molecular weight is 378 g/mol. The Morgan fingerprint density at radius 2 is 1.95 bits per heavy atom. The van der Waals surface area contributed by atoms with Crippen molar-refractivity contribution in [1.82, 2.24) is 4.98 Å². The van der Waals surface area contributed by atoms with Crippen LogP contribution in [0, 0.1) is 0 Å². The van der Waals surface area contributed by atoms with E-state index in [9.17, 15) is 18.0 Å². The van der Waals surface area contributed by atoms with Crippen LogP contribution in [-0.4, -0.2) is 17.6 Å². The zero-order valence-corrected chi connectivity index (χ0v) is 13.0. The van der Waals surface area contributed by atoms with Crippen molar-refractivity contribution in [3.63, 3.8) is 0 Å². The van der Waals surface area contributed by atoms with E-state index in [0.717, 1.165) is 12.1 Å². The third kappa shape index (κ3) is 3.49. The SMILES string of the molecule is CCOC(=O)c1oc(-c2ccc(C(F)(F)F)cc2)nc1CBr. The molecule has 0 aliphatic carbocycles. The van der Waals surface area contributed by atoms with E-state index in [4.69, 9.17) is 9.15 Å². The standard InChI is InChI=1S/C14H11BrF3NO3/c1-2-21-13(20)11-10(7-15)19-12(22-11)8-3-5-9(6-4-8)14(16,17)18/h3-6H,2,7H2,1H3. The minimum Gasteiger partial charge on any atom is -0.460 e. The summed E-state index contributed by atoms with van der Waals surface area (Å²) in [6.07, 6.45) is -4.41. The molecule has 0 amide bonds. The number of nitrogens with zero attached hydrogens (tertiary/aromatic N) is 1. The minimum absolute atomic E-state index is 0.0613. The Morgan fingerprint density at radius 1 is 1.32 bits per heavy atom. The van der Waals surface area contributed by atoms with Crippen molar-refractivity contribution < 1.29 is 27.1 Å². The van der Waals surface area contributed by atoms with Crippen LogP contribution >= 0.6 is 15.9 Å². The number of esters is 1. The number of hydrogen-bond donors (Lipinski definition) is 0. The Labute approximate surface area is 132 Å². The number of carbonyl (C=O) groups excluding carboxylic acids is 1. The van der Waals surface area contributed by atoms with Crippen LogP contribution in [-0.2, 0) is 16.2 Å². The molecule has 1 aromatic carbocycles. The van der Waals surface area contributed by atoms with Crippen molar-refractivity contribution in [3.05, 3.63) is 41.3 Å². The molecule has 0 bridgehead atoms. The monoisotopic (exact) mass is 377 g/mol. The van der Waals surface area contributed by atoms with Gasteiger partial charge in [0.2, 0.25) is 11.7 Å². The number of carbonyl (C=O) groups is 1. The van der Waals surface area contributed by atoms with Gasteiger partial charge < -0.3 is 9.15 Å². The minimum atomic E-state index is -4.41. The van der Waals surface area contributed by atoms with Gasteiger partial charge in [-0.2, -0.15) is 13.2 Å². The summed E-state index contributed by atoms with van der Waals surface area (Å²) in [7, 11) is 0. The second-order valence-electron chi connectivity index (χ2n) is 4.22. The summed E-state index contributed by atoms with van der Waals surface area (Å²) in [4.78, 5) is 15.8. The predicted octanol–water partition coefficient (Wildman–Crippen LogP) is 4.43. The van der Waals surface area contributed by atoms with E-state index in [1.165, 1.54) is 12.1 Å². The summed E-state index contributed by atoms with van der Waals surface area (Å²) in [6.45, 7) is 1.83. The van der Waals surface area contributed by atoms with Gasteiger partial charge in [0, 0.05) is 10.9 Å². The number of ether oxygens (including phenoxy) is 1. The first-order chi connectivity index (χ1) is 10.4. The zero-order chi connectivity index (χ0) is 16.3. The van der Waals surface area contributed by atoms with Crippen LogP contribution in [0.5, 0.6) is 0 Å². The number of oxazole rings is 1.